The summed E-state index contributed by atoms with van der Waals surface area (Å²) in [5, 5.41) is 23.5. The third-order valence-electron chi connectivity index (χ3n) is 4.20. The van der Waals surface area contributed by atoms with Gasteiger partial charge in [0.15, 0.2) is 5.82 Å². The maximum atomic E-state index is 13.9. The average molecular weight is 360 g/mol. The van der Waals surface area contributed by atoms with E-state index in [2.05, 4.69) is 26.7 Å². The Hall–Kier alpha value is -3.99. The Morgan fingerprint density at radius 3 is 2.93 bits per heavy atom. The van der Waals surface area contributed by atoms with Crippen LogP contribution in [0.5, 0.6) is 0 Å². The molecule has 2 heterocycles. The number of fused-ring (bicyclic) bond motifs is 1. The van der Waals surface area contributed by atoms with Crippen LogP contribution in [-0.4, -0.2) is 25.9 Å². The molecule has 4 aromatic rings. The molecule has 27 heavy (non-hydrogen) atoms. The summed E-state index contributed by atoms with van der Waals surface area (Å²) in [6, 6.07) is 11.7. The number of aromatic amines is 1. The Balaban J connectivity index is 1.62. The van der Waals surface area contributed by atoms with E-state index in [-0.39, 0.29) is 11.3 Å². The maximum absolute atomic E-state index is 13.9. The Morgan fingerprint density at radius 1 is 1.33 bits per heavy atom. The number of aromatic nitrogens is 4. The molecule has 0 aliphatic rings. The molecule has 0 fully saturated rings. The summed E-state index contributed by atoms with van der Waals surface area (Å²) in [6.45, 7) is 1.81. The number of carbonyl (C=O) groups is 1. The van der Waals surface area contributed by atoms with Gasteiger partial charge in [0.1, 0.15) is 11.5 Å². The van der Waals surface area contributed by atoms with Crippen molar-refractivity contribution in [1.29, 1.82) is 5.26 Å². The molecule has 7 nitrogen and oxygen atoms in total. The maximum Gasteiger partial charge on any atom is 0.260 e. The summed E-state index contributed by atoms with van der Waals surface area (Å²) in [5.41, 5.74) is 2.49. The Morgan fingerprint density at radius 2 is 2.15 bits per heavy atom. The molecule has 0 aliphatic heterocycles. The van der Waals surface area contributed by atoms with Crippen LogP contribution >= 0.6 is 0 Å². The highest BCUT2D eigenvalue weighted by molar-refractivity contribution is 6.07. The predicted octanol–water partition coefficient (Wildman–Crippen LogP) is 3.32. The number of amides is 1. The first kappa shape index (κ1) is 16.5. The minimum absolute atomic E-state index is 0.251. The van der Waals surface area contributed by atoms with Gasteiger partial charge in [-0.15, -0.1) is 0 Å². The van der Waals surface area contributed by atoms with E-state index >= 15 is 0 Å². The van der Waals surface area contributed by atoms with Gasteiger partial charge in [0.25, 0.3) is 5.91 Å². The summed E-state index contributed by atoms with van der Waals surface area (Å²) in [5.74, 6) is -0.510. The number of hydrogen-bond acceptors (Lipinski definition) is 4. The largest absolute Gasteiger partial charge is 0.304 e. The van der Waals surface area contributed by atoms with Crippen molar-refractivity contribution in [2.75, 3.05) is 5.32 Å². The fraction of sp³-hybridized carbons (Fsp3) is 0.0526. The summed E-state index contributed by atoms with van der Waals surface area (Å²) in [6.07, 6.45) is 2.80. The number of para-hydroxylation sites is 1. The van der Waals surface area contributed by atoms with Gasteiger partial charge < -0.3 is 5.32 Å². The number of halogens is 1. The van der Waals surface area contributed by atoms with E-state index in [1.165, 1.54) is 23.1 Å². The topological polar surface area (TPSA) is 99.4 Å². The van der Waals surface area contributed by atoms with Gasteiger partial charge >= 0.3 is 0 Å². The second kappa shape index (κ2) is 6.38. The molecule has 0 unspecified atom stereocenters. The summed E-state index contributed by atoms with van der Waals surface area (Å²) >= 11 is 0. The van der Waals surface area contributed by atoms with E-state index in [0.29, 0.717) is 22.3 Å². The van der Waals surface area contributed by atoms with Crippen molar-refractivity contribution in [1.82, 2.24) is 20.0 Å². The summed E-state index contributed by atoms with van der Waals surface area (Å²) < 4.78 is 15.2. The fourth-order valence-corrected chi connectivity index (χ4v) is 2.78. The molecule has 2 aromatic carbocycles. The minimum atomic E-state index is -0.436. The first-order valence-corrected chi connectivity index (χ1v) is 8.06. The van der Waals surface area contributed by atoms with Crippen molar-refractivity contribution in [2.45, 2.75) is 6.92 Å². The number of rotatable bonds is 3. The van der Waals surface area contributed by atoms with E-state index in [1.807, 2.05) is 6.92 Å². The quantitative estimate of drug-likeness (QED) is 0.585. The van der Waals surface area contributed by atoms with Gasteiger partial charge in [-0.3, -0.25) is 9.89 Å². The standard InChI is InChI=1S/C19H13FN6O/c1-11-6-14-16(7-12(11)8-21)24-25-18(14)23-19(27)13-9-22-26(10-13)17-5-3-2-4-15(17)20/h2-7,9-10H,1H3,(H2,23,24,25,27). The molecular weight excluding hydrogens is 347 g/mol. The Bertz CT molecular complexity index is 1220. The van der Waals surface area contributed by atoms with Crippen LogP contribution in [0, 0.1) is 24.1 Å². The lowest BCUT2D eigenvalue weighted by molar-refractivity contribution is 0.102. The lowest BCUT2D eigenvalue weighted by Gasteiger charge is -2.03. The lowest BCUT2D eigenvalue weighted by atomic mass is 10.1. The van der Waals surface area contributed by atoms with Crippen LogP contribution in [0.15, 0.2) is 48.8 Å². The Labute approximate surface area is 153 Å². The number of nitriles is 1. The van der Waals surface area contributed by atoms with Gasteiger partial charge in [-0.05, 0) is 36.8 Å². The zero-order valence-corrected chi connectivity index (χ0v) is 14.2. The molecule has 0 spiro atoms. The van der Waals surface area contributed by atoms with Gasteiger partial charge in [0.2, 0.25) is 0 Å². The van der Waals surface area contributed by atoms with Crippen molar-refractivity contribution in [3.05, 3.63) is 71.3 Å². The van der Waals surface area contributed by atoms with Crippen molar-refractivity contribution < 1.29 is 9.18 Å². The van der Waals surface area contributed by atoms with Crippen molar-refractivity contribution in [2.24, 2.45) is 0 Å². The predicted molar refractivity (Wildman–Crippen MR) is 97.0 cm³/mol. The third kappa shape index (κ3) is 2.91. The third-order valence-corrected chi connectivity index (χ3v) is 4.20. The lowest BCUT2D eigenvalue weighted by Crippen LogP contribution is -2.11. The van der Waals surface area contributed by atoms with Crippen LogP contribution in [0.4, 0.5) is 10.2 Å². The van der Waals surface area contributed by atoms with Gasteiger partial charge in [-0.1, -0.05) is 12.1 Å². The van der Waals surface area contributed by atoms with E-state index in [4.69, 9.17) is 5.26 Å². The number of aryl methyl sites for hydroxylation is 1. The van der Waals surface area contributed by atoms with Gasteiger partial charge in [-0.25, -0.2) is 9.07 Å². The fourth-order valence-electron chi connectivity index (χ4n) is 2.78. The van der Waals surface area contributed by atoms with Crippen molar-refractivity contribution in [3.8, 4) is 11.8 Å². The number of benzene rings is 2. The second-order valence-electron chi connectivity index (χ2n) is 5.98. The first-order chi connectivity index (χ1) is 13.1. The smallest absolute Gasteiger partial charge is 0.260 e. The molecule has 132 valence electrons. The molecule has 1 amide bonds. The number of hydrogen-bond donors (Lipinski definition) is 2. The zero-order chi connectivity index (χ0) is 19.0. The molecule has 0 atom stereocenters. The number of H-pyrrole nitrogens is 1. The number of anilines is 1. The molecule has 0 aliphatic carbocycles. The summed E-state index contributed by atoms with van der Waals surface area (Å²) in [4.78, 5) is 12.5. The van der Waals surface area contributed by atoms with Crippen LogP contribution in [0.1, 0.15) is 21.5 Å². The molecule has 2 N–H and O–H groups in total. The number of carbonyl (C=O) groups excluding carboxylic acids is 1. The van der Waals surface area contributed by atoms with Crippen molar-refractivity contribution >= 4 is 22.6 Å². The summed E-state index contributed by atoms with van der Waals surface area (Å²) in [7, 11) is 0. The van der Waals surface area contributed by atoms with E-state index in [1.54, 1.807) is 30.3 Å². The molecule has 4 rings (SSSR count). The zero-order valence-electron chi connectivity index (χ0n) is 14.2. The van der Waals surface area contributed by atoms with Gasteiger partial charge in [-0.2, -0.15) is 15.5 Å². The number of nitrogens with one attached hydrogen (secondary N) is 2. The second-order valence-corrected chi connectivity index (χ2v) is 5.98. The monoisotopic (exact) mass is 360 g/mol. The SMILES string of the molecule is Cc1cc2c(NC(=O)c3cnn(-c4ccccc4F)c3)n[nH]c2cc1C#N. The first-order valence-electron chi connectivity index (χ1n) is 8.06. The van der Waals surface area contributed by atoms with E-state index in [9.17, 15) is 9.18 Å². The molecule has 0 saturated heterocycles. The highest BCUT2D eigenvalue weighted by Crippen LogP contribution is 2.24. The highest BCUT2D eigenvalue weighted by Gasteiger charge is 2.15. The molecule has 0 bridgehead atoms. The highest BCUT2D eigenvalue weighted by atomic mass is 19.1. The minimum Gasteiger partial charge on any atom is -0.304 e. The van der Waals surface area contributed by atoms with E-state index in [0.717, 1.165) is 5.56 Å². The van der Waals surface area contributed by atoms with E-state index < -0.39 is 11.7 Å². The van der Waals surface area contributed by atoms with Crippen LogP contribution in [0.3, 0.4) is 0 Å². The Kier molecular flexibility index (Phi) is 3.90. The molecule has 2 aromatic heterocycles. The van der Waals surface area contributed by atoms with Crippen molar-refractivity contribution in [3.63, 3.8) is 0 Å². The van der Waals surface area contributed by atoms with Gasteiger partial charge in [0.05, 0.1) is 28.9 Å². The molecule has 0 saturated carbocycles. The number of nitrogens with zero attached hydrogens (tertiary/aromatic N) is 4. The van der Waals surface area contributed by atoms with Crippen LogP contribution in [-0.2, 0) is 0 Å². The van der Waals surface area contributed by atoms with Gasteiger partial charge in [0, 0.05) is 11.6 Å². The normalized spacial score (nSPS) is 10.7. The average Bonchev–Trinajstić information content (AvgIpc) is 3.29. The van der Waals surface area contributed by atoms with Crippen LogP contribution in [0.2, 0.25) is 0 Å². The van der Waals surface area contributed by atoms with Crippen LogP contribution in [0.25, 0.3) is 16.6 Å². The molecular formula is C19H13FN6O. The molecule has 0 radical (unpaired) electrons. The molecule has 8 heteroatoms. The van der Waals surface area contributed by atoms with Crippen LogP contribution < -0.4 is 5.32 Å².